The molecule has 0 aliphatic heterocycles. The third kappa shape index (κ3) is 3.28. The molecule has 6 heteroatoms. The molecule has 1 amide bonds. The van der Waals surface area contributed by atoms with E-state index in [2.05, 4.69) is 26.2 Å². The summed E-state index contributed by atoms with van der Waals surface area (Å²) >= 11 is 4.96. The molecule has 0 bridgehead atoms. The Hall–Kier alpha value is -1.40. The van der Waals surface area contributed by atoms with Gasteiger partial charge < -0.3 is 11.1 Å². The standard InChI is InChI=1S/C11H10BrN3OS/c12-10-4-2-8(17-10)6-15-11(16)9-3-1-7(13)5-14-9/h1-5H,6,13H2,(H,15,16). The van der Waals surface area contributed by atoms with Crippen molar-refractivity contribution in [2.45, 2.75) is 6.54 Å². The first-order valence-electron chi connectivity index (χ1n) is 4.89. The van der Waals surface area contributed by atoms with Crippen molar-refractivity contribution in [3.63, 3.8) is 0 Å². The van der Waals surface area contributed by atoms with E-state index in [1.54, 1.807) is 23.5 Å². The van der Waals surface area contributed by atoms with Gasteiger partial charge in [-0.1, -0.05) is 0 Å². The van der Waals surface area contributed by atoms with Crippen LogP contribution in [0, 0.1) is 0 Å². The van der Waals surface area contributed by atoms with E-state index in [9.17, 15) is 4.79 Å². The molecule has 0 spiro atoms. The third-order valence-corrected chi connectivity index (χ3v) is 3.69. The normalized spacial score (nSPS) is 10.2. The van der Waals surface area contributed by atoms with E-state index in [4.69, 9.17) is 5.73 Å². The monoisotopic (exact) mass is 311 g/mol. The van der Waals surface area contributed by atoms with Crippen LogP contribution in [-0.4, -0.2) is 10.9 Å². The van der Waals surface area contributed by atoms with Crippen molar-refractivity contribution in [3.8, 4) is 0 Å². The Kier molecular flexibility index (Phi) is 3.75. The first-order valence-corrected chi connectivity index (χ1v) is 6.50. The van der Waals surface area contributed by atoms with Gasteiger partial charge in [0.25, 0.3) is 5.91 Å². The summed E-state index contributed by atoms with van der Waals surface area (Å²) in [5.41, 5.74) is 6.41. The molecule has 0 aliphatic rings. The molecule has 2 heterocycles. The van der Waals surface area contributed by atoms with Crippen LogP contribution >= 0.6 is 27.3 Å². The zero-order chi connectivity index (χ0) is 12.3. The topological polar surface area (TPSA) is 68.0 Å². The van der Waals surface area contributed by atoms with Crippen LogP contribution in [0.3, 0.4) is 0 Å². The first-order chi connectivity index (χ1) is 8.15. The van der Waals surface area contributed by atoms with Gasteiger partial charge in [-0.15, -0.1) is 11.3 Å². The molecule has 0 radical (unpaired) electrons. The number of anilines is 1. The summed E-state index contributed by atoms with van der Waals surface area (Å²) in [5, 5.41) is 2.80. The summed E-state index contributed by atoms with van der Waals surface area (Å²) < 4.78 is 1.05. The highest BCUT2D eigenvalue weighted by Crippen LogP contribution is 2.21. The van der Waals surface area contributed by atoms with Crippen LogP contribution in [0.4, 0.5) is 5.69 Å². The number of halogens is 1. The summed E-state index contributed by atoms with van der Waals surface area (Å²) in [6.45, 7) is 0.501. The van der Waals surface area contributed by atoms with Crippen LogP contribution in [-0.2, 0) is 6.54 Å². The number of hydrogen-bond donors (Lipinski definition) is 2. The zero-order valence-corrected chi connectivity index (χ0v) is 11.2. The van der Waals surface area contributed by atoms with Gasteiger partial charge in [0.15, 0.2) is 0 Å². The van der Waals surface area contributed by atoms with Crippen LogP contribution in [0.5, 0.6) is 0 Å². The van der Waals surface area contributed by atoms with Crippen molar-refractivity contribution in [1.82, 2.24) is 10.3 Å². The second kappa shape index (κ2) is 5.29. The second-order valence-electron chi connectivity index (χ2n) is 3.37. The predicted molar refractivity (Wildman–Crippen MR) is 71.8 cm³/mol. The van der Waals surface area contributed by atoms with E-state index in [0.717, 1.165) is 8.66 Å². The molecular formula is C11H10BrN3OS. The van der Waals surface area contributed by atoms with E-state index in [0.29, 0.717) is 17.9 Å². The lowest BCUT2D eigenvalue weighted by Crippen LogP contribution is -2.23. The van der Waals surface area contributed by atoms with Crippen LogP contribution < -0.4 is 11.1 Å². The van der Waals surface area contributed by atoms with Gasteiger partial charge in [0.05, 0.1) is 22.2 Å². The number of thiophene rings is 1. The minimum absolute atomic E-state index is 0.200. The zero-order valence-electron chi connectivity index (χ0n) is 8.81. The van der Waals surface area contributed by atoms with E-state index in [-0.39, 0.29) is 5.91 Å². The lowest BCUT2D eigenvalue weighted by Gasteiger charge is -2.02. The third-order valence-electron chi connectivity index (χ3n) is 2.07. The van der Waals surface area contributed by atoms with E-state index >= 15 is 0 Å². The summed E-state index contributed by atoms with van der Waals surface area (Å²) in [6.07, 6.45) is 1.47. The number of amides is 1. The van der Waals surface area contributed by atoms with Crippen molar-refractivity contribution in [2.75, 3.05) is 5.73 Å². The van der Waals surface area contributed by atoms with Crippen LogP contribution in [0.1, 0.15) is 15.4 Å². The lowest BCUT2D eigenvalue weighted by molar-refractivity contribution is 0.0946. The number of nitrogens with two attached hydrogens (primary N) is 1. The molecule has 0 saturated carbocycles. The van der Waals surface area contributed by atoms with Crippen LogP contribution in [0.2, 0.25) is 0 Å². The molecule has 0 fully saturated rings. The largest absolute Gasteiger partial charge is 0.397 e. The number of pyridine rings is 1. The number of rotatable bonds is 3. The predicted octanol–water partition coefficient (Wildman–Crippen LogP) is 2.42. The molecule has 17 heavy (non-hydrogen) atoms. The Morgan fingerprint density at radius 1 is 1.41 bits per heavy atom. The minimum Gasteiger partial charge on any atom is -0.397 e. The number of carbonyl (C=O) groups is 1. The van der Waals surface area contributed by atoms with Gasteiger partial charge >= 0.3 is 0 Å². The number of hydrogen-bond acceptors (Lipinski definition) is 4. The quantitative estimate of drug-likeness (QED) is 0.914. The molecule has 2 rings (SSSR count). The maximum absolute atomic E-state index is 11.7. The molecule has 0 aliphatic carbocycles. The molecule has 88 valence electrons. The van der Waals surface area contributed by atoms with E-state index < -0.39 is 0 Å². The maximum atomic E-state index is 11.7. The van der Waals surface area contributed by atoms with Gasteiger partial charge in [0.2, 0.25) is 0 Å². The van der Waals surface area contributed by atoms with Crippen molar-refractivity contribution in [1.29, 1.82) is 0 Å². The SMILES string of the molecule is Nc1ccc(C(=O)NCc2ccc(Br)s2)nc1. The summed E-state index contributed by atoms with van der Waals surface area (Å²) in [5.74, 6) is -0.200. The summed E-state index contributed by atoms with van der Waals surface area (Å²) in [7, 11) is 0. The Morgan fingerprint density at radius 2 is 2.24 bits per heavy atom. The average molecular weight is 312 g/mol. The Labute approximate surface area is 111 Å². The van der Waals surface area contributed by atoms with Gasteiger partial charge in [0, 0.05) is 4.88 Å². The molecule has 0 unspecified atom stereocenters. The minimum atomic E-state index is -0.200. The maximum Gasteiger partial charge on any atom is 0.270 e. The van der Waals surface area contributed by atoms with Crippen molar-refractivity contribution in [3.05, 3.63) is 44.8 Å². The molecule has 0 atom stereocenters. The fraction of sp³-hybridized carbons (Fsp3) is 0.0909. The fourth-order valence-corrected chi connectivity index (χ4v) is 2.67. The Bertz CT molecular complexity index is 524. The number of carbonyl (C=O) groups excluding carboxylic acids is 1. The molecule has 0 aromatic carbocycles. The highest BCUT2D eigenvalue weighted by Gasteiger charge is 2.06. The van der Waals surface area contributed by atoms with Gasteiger partial charge in [-0.25, -0.2) is 4.98 Å². The van der Waals surface area contributed by atoms with Crippen molar-refractivity contribution >= 4 is 38.9 Å². The number of nitrogens with one attached hydrogen (secondary N) is 1. The summed E-state index contributed by atoms with van der Waals surface area (Å²) in [6, 6.07) is 7.18. The highest BCUT2D eigenvalue weighted by molar-refractivity contribution is 9.11. The smallest absolute Gasteiger partial charge is 0.270 e. The second-order valence-corrected chi connectivity index (χ2v) is 5.91. The molecule has 0 saturated heterocycles. The number of nitrogen functional groups attached to an aromatic ring is 1. The van der Waals surface area contributed by atoms with E-state index in [1.807, 2.05) is 12.1 Å². The van der Waals surface area contributed by atoms with Crippen LogP contribution in [0.25, 0.3) is 0 Å². The fourth-order valence-electron chi connectivity index (χ4n) is 1.24. The summed E-state index contributed by atoms with van der Waals surface area (Å²) in [4.78, 5) is 16.8. The Balaban J connectivity index is 1.95. The van der Waals surface area contributed by atoms with Gasteiger partial charge in [-0.3, -0.25) is 4.79 Å². The number of nitrogens with zero attached hydrogens (tertiary/aromatic N) is 1. The molecular weight excluding hydrogens is 302 g/mol. The lowest BCUT2D eigenvalue weighted by atomic mass is 10.3. The van der Waals surface area contributed by atoms with Gasteiger partial charge in [-0.2, -0.15) is 0 Å². The molecule has 3 N–H and O–H groups in total. The van der Waals surface area contributed by atoms with Crippen molar-refractivity contribution in [2.24, 2.45) is 0 Å². The molecule has 2 aromatic rings. The first kappa shape index (κ1) is 12.1. The van der Waals surface area contributed by atoms with Crippen molar-refractivity contribution < 1.29 is 4.79 Å². The van der Waals surface area contributed by atoms with Gasteiger partial charge in [0.1, 0.15) is 5.69 Å². The average Bonchev–Trinajstić information content (AvgIpc) is 2.73. The van der Waals surface area contributed by atoms with Gasteiger partial charge in [-0.05, 0) is 40.2 Å². The number of aromatic nitrogens is 1. The van der Waals surface area contributed by atoms with Crippen LogP contribution in [0.15, 0.2) is 34.2 Å². The van der Waals surface area contributed by atoms with E-state index in [1.165, 1.54) is 6.20 Å². The highest BCUT2D eigenvalue weighted by atomic mass is 79.9. The molecule has 4 nitrogen and oxygen atoms in total. The Morgan fingerprint density at radius 3 is 2.82 bits per heavy atom. The molecule has 2 aromatic heterocycles.